The van der Waals surface area contributed by atoms with Crippen LogP contribution in [0.4, 0.5) is 0 Å². The number of ether oxygens (including phenoxy) is 1. The van der Waals surface area contributed by atoms with Crippen LogP contribution in [0.15, 0.2) is 30.3 Å². The van der Waals surface area contributed by atoms with Crippen LogP contribution < -0.4 is 10.6 Å². The van der Waals surface area contributed by atoms with E-state index in [1.165, 1.54) is 4.90 Å². The van der Waals surface area contributed by atoms with Crippen molar-refractivity contribution >= 4 is 17.7 Å². The fourth-order valence-electron chi connectivity index (χ4n) is 6.16. The molecule has 0 saturated carbocycles. The number of hydrogen-bond acceptors (Lipinski definition) is 5. The summed E-state index contributed by atoms with van der Waals surface area (Å²) in [4.78, 5) is 42.1. The van der Waals surface area contributed by atoms with E-state index in [0.717, 1.165) is 12.0 Å². The highest BCUT2D eigenvalue weighted by Crippen LogP contribution is 2.64. The summed E-state index contributed by atoms with van der Waals surface area (Å²) in [6, 6.07) is 8.11. The van der Waals surface area contributed by atoms with Gasteiger partial charge in [-0.3, -0.25) is 14.4 Å². The standard InChI is InChI=1S/C25H35N3O5/c1-4-13-26-21(30)18-19-23(32)28(16(3)15-29)20(25(19)12-11-24(18,5-2)33-25)22(31)27-14-17-9-7-6-8-10-17/h6-10,16,18-20,29H,4-5,11-15H2,1-3H3,(H,26,30)(H,27,31)/t16-,18-,19+,20?,24+,25?/m1/s1. The summed E-state index contributed by atoms with van der Waals surface area (Å²) >= 11 is 0. The van der Waals surface area contributed by atoms with Gasteiger partial charge in [-0.2, -0.15) is 0 Å². The Labute approximate surface area is 195 Å². The zero-order valence-electron chi connectivity index (χ0n) is 19.7. The third-order valence-corrected chi connectivity index (χ3v) is 7.75. The van der Waals surface area contributed by atoms with E-state index in [9.17, 15) is 19.5 Å². The Morgan fingerprint density at radius 2 is 1.91 bits per heavy atom. The van der Waals surface area contributed by atoms with E-state index in [0.29, 0.717) is 32.4 Å². The molecule has 3 aliphatic rings. The van der Waals surface area contributed by atoms with Crippen molar-refractivity contribution in [3.8, 4) is 0 Å². The highest BCUT2D eigenvalue weighted by atomic mass is 16.5. The highest BCUT2D eigenvalue weighted by Gasteiger charge is 2.78. The van der Waals surface area contributed by atoms with Crippen LogP contribution in [0, 0.1) is 11.8 Å². The summed E-state index contributed by atoms with van der Waals surface area (Å²) in [5.74, 6) is -2.14. The lowest BCUT2D eigenvalue weighted by atomic mass is 9.65. The van der Waals surface area contributed by atoms with Gasteiger partial charge in [0.2, 0.25) is 17.7 Å². The molecule has 1 aromatic carbocycles. The molecule has 180 valence electrons. The van der Waals surface area contributed by atoms with Crippen molar-refractivity contribution in [1.29, 1.82) is 0 Å². The van der Waals surface area contributed by atoms with Crippen LogP contribution in [-0.4, -0.2) is 64.2 Å². The fourth-order valence-corrected chi connectivity index (χ4v) is 6.16. The van der Waals surface area contributed by atoms with E-state index in [-0.39, 0.29) is 24.3 Å². The first-order valence-electron chi connectivity index (χ1n) is 12.1. The second-order valence-corrected chi connectivity index (χ2v) is 9.60. The molecule has 4 rings (SSSR count). The number of likely N-dealkylation sites (tertiary alicyclic amines) is 1. The molecule has 3 amide bonds. The maximum Gasteiger partial charge on any atom is 0.246 e. The Kier molecular flexibility index (Phi) is 6.51. The fraction of sp³-hybridized carbons (Fsp3) is 0.640. The molecule has 1 aromatic rings. The molecule has 33 heavy (non-hydrogen) atoms. The molecule has 1 spiro atoms. The maximum atomic E-state index is 13.8. The summed E-state index contributed by atoms with van der Waals surface area (Å²) in [5.41, 5.74) is -0.861. The molecule has 3 heterocycles. The summed E-state index contributed by atoms with van der Waals surface area (Å²) in [6.45, 7) is 6.26. The minimum absolute atomic E-state index is 0.180. The quantitative estimate of drug-likeness (QED) is 0.519. The summed E-state index contributed by atoms with van der Waals surface area (Å²) in [5, 5.41) is 15.8. The van der Waals surface area contributed by atoms with Gasteiger partial charge in [0, 0.05) is 13.1 Å². The van der Waals surface area contributed by atoms with Crippen LogP contribution >= 0.6 is 0 Å². The van der Waals surface area contributed by atoms with Gasteiger partial charge < -0.3 is 25.4 Å². The van der Waals surface area contributed by atoms with Crippen molar-refractivity contribution in [2.45, 2.75) is 76.3 Å². The van der Waals surface area contributed by atoms with Crippen molar-refractivity contribution < 1.29 is 24.2 Å². The summed E-state index contributed by atoms with van der Waals surface area (Å²) < 4.78 is 6.65. The molecule has 2 bridgehead atoms. The Morgan fingerprint density at radius 3 is 2.55 bits per heavy atom. The first kappa shape index (κ1) is 23.7. The van der Waals surface area contributed by atoms with Gasteiger partial charge in [0.15, 0.2) is 0 Å². The van der Waals surface area contributed by atoms with Crippen LogP contribution in [0.3, 0.4) is 0 Å². The lowest BCUT2D eigenvalue weighted by Crippen LogP contribution is -2.57. The number of amides is 3. The van der Waals surface area contributed by atoms with Gasteiger partial charge in [0.25, 0.3) is 0 Å². The monoisotopic (exact) mass is 457 g/mol. The van der Waals surface area contributed by atoms with Crippen LogP contribution in [0.2, 0.25) is 0 Å². The average molecular weight is 458 g/mol. The number of fused-ring (bicyclic) bond motifs is 1. The van der Waals surface area contributed by atoms with Gasteiger partial charge in [-0.05, 0) is 38.2 Å². The predicted molar refractivity (Wildman–Crippen MR) is 122 cm³/mol. The number of nitrogens with zero attached hydrogens (tertiary/aromatic N) is 1. The van der Waals surface area contributed by atoms with Crippen LogP contribution in [0.25, 0.3) is 0 Å². The number of benzene rings is 1. The first-order chi connectivity index (χ1) is 15.8. The number of aliphatic hydroxyl groups excluding tert-OH is 1. The number of nitrogens with one attached hydrogen (secondary N) is 2. The summed E-state index contributed by atoms with van der Waals surface area (Å²) in [6.07, 6.45) is 2.55. The third-order valence-electron chi connectivity index (χ3n) is 7.75. The lowest BCUT2D eigenvalue weighted by molar-refractivity contribution is -0.150. The van der Waals surface area contributed by atoms with Crippen LogP contribution in [0.5, 0.6) is 0 Å². The third kappa shape index (κ3) is 3.64. The van der Waals surface area contributed by atoms with Crippen molar-refractivity contribution in [3.05, 3.63) is 35.9 Å². The first-order valence-corrected chi connectivity index (χ1v) is 12.1. The van der Waals surface area contributed by atoms with Gasteiger partial charge in [-0.1, -0.05) is 44.2 Å². The molecule has 8 nitrogen and oxygen atoms in total. The van der Waals surface area contributed by atoms with Crippen molar-refractivity contribution in [2.75, 3.05) is 13.2 Å². The van der Waals surface area contributed by atoms with E-state index in [1.807, 2.05) is 44.2 Å². The molecule has 3 aliphatic heterocycles. The Morgan fingerprint density at radius 1 is 1.18 bits per heavy atom. The van der Waals surface area contributed by atoms with Crippen molar-refractivity contribution in [2.24, 2.45) is 11.8 Å². The normalized spacial score (nSPS) is 33.2. The summed E-state index contributed by atoms with van der Waals surface area (Å²) in [7, 11) is 0. The van der Waals surface area contributed by atoms with E-state index in [2.05, 4.69) is 10.6 Å². The van der Waals surface area contributed by atoms with Crippen molar-refractivity contribution in [1.82, 2.24) is 15.5 Å². The second kappa shape index (κ2) is 9.06. The maximum absolute atomic E-state index is 13.8. The number of carbonyl (C=O) groups is 3. The second-order valence-electron chi connectivity index (χ2n) is 9.60. The Bertz CT molecular complexity index is 909. The van der Waals surface area contributed by atoms with Crippen molar-refractivity contribution in [3.63, 3.8) is 0 Å². The van der Waals surface area contributed by atoms with Gasteiger partial charge >= 0.3 is 0 Å². The molecule has 0 aliphatic carbocycles. The number of aliphatic hydroxyl groups is 1. The lowest BCUT2D eigenvalue weighted by Gasteiger charge is -2.36. The average Bonchev–Trinajstić information content (AvgIpc) is 3.44. The molecule has 3 saturated heterocycles. The Hall–Kier alpha value is -2.45. The van der Waals surface area contributed by atoms with Gasteiger partial charge in [0.1, 0.15) is 11.6 Å². The van der Waals surface area contributed by atoms with Crippen LogP contribution in [-0.2, 0) is 25.7 Å². The minimum Gasteiger partial charge on any atom is -0.394 e. The molecule has 6 atom stereocenters. The van der Waals surface area contributed by atoms with Gasteiger partial charge in [0.05, 0.1) is 30.1 Å². The molecular weight excluding hydrogens is 422 g/mol. The zero-order valence-corrected chi connectivity index (χ0v) is 19.7. The molecule has 3 fully saturated rings. The number of rotatable bonds is 9. The zero-order chi connectivity index (χ0) is 23.8. The highest BCUT2D eigenvalue weighted by molar-refractivity contribution is 5.99. The molecular formula is C25H35N3O5. The number of hydrogen-bond donors (Lipinski definition) is 3. The smallest absolute Gasteiger partial charge is 0.246 e. The van der Waals surface area contributed by atoms with E-state index < -0.39 is 35.1 Å². The number of carbonyl (C=O) groups excluding carboxylic acids is 3. The minimum atomic E-state index is -1.06. The Balaban J connectivity index is 1.69. The molecule has 3 N–H and O–H groups in total. The molecule has 2 unspecified atom stereocenters. The van der Waals surface area contributed by atoms with Gasteiger partial charge in [-0.25, -0.2) is 0 Å². The molecule has 0 radical (unpaired) electrons. The van der Waals surface area contributed by atoms with E-state index in [4.69, 9.17) is 4.74 Å². The molecule has 8 heteroatoms. The van der Waals surface area contributed by atoms with Gasteiger partial charge in [-0.15, -0.1) is 0 Å². The van der Waals surface area contributed by atoms with E-state index >= 15 is 0 Å². The van der Waals surface area contributed by atoms with Crippen LogP contribution in [0.1, 0.15) is 52.0 Å². The predicted octanol–water partition coefficient (Wildman–Crippen LogP) is 1.36. The molecule has 0 aromatic heterocycles. The SMILES string of the molecule is CCCNC(=O)[C@H]1[C@H]2C(=O)N([C@H](C)CO)C(C(=O)NCc3ccccc3)C23CC[C@]1(CC)O3. The largest absolute Gasteiger partial charge is 0.394 e. The topological polar surface area (TPSA) is 108 Å². The van der Waals surface area contributed by atoms with E-state index in [1.54, 1.807) is 6.92 Å².